The maximum Gasteiger partial charge on any atom is 0.323 e. The van der Waals surface area contributed by atoms with E-state index in [-0.39, 0.29) is 12.6 Å². The molecule has 0 aliphatic rings. The average Bonchev–Trinajstić information content (AvgIpc) is 2.45. The Morgan fingerprint density at radius 1 is 1.29 bits per heavy atom. The molecule has 0 saturated heterocycles. The molecular formula is C15H20FNO4. The van der Waals surface area contributed by atoms with Gasteiger partial charge in [-0.25, -0.2) is 4.39 Å². The Kier molecular flexibility index (Phi) is 6.14. The summed E-state index contributed by atoms with van der Waals surface area (Å²) in [6.45, 7) is 4.83. The highest BCUT2D eigenvalue weighted by Crippen LogP contribution is 2.15. The van der Waals surface area contributed by atoms with Crippen molar-refractivity contribution in [2.45, 2.75) is 39.3 Å². The number of amides is 1. The molecule has 0 radical (unpaired) electrons. The van der Waals surface area contributed by atoms with Crippen LogP contribution in [0.1, 0.15) is 27.2 Å². The lowest BCUT2D eigenvalue weighted by molar-refractivity contribution is -0.149. The van der Waals surface area contributed by atoms with Crippen molar-refractivity contribution >= 4 is 11.9 Å². The molecule has 0 spiro atoms. The van der Waals surface area contributed by atoms with Gasteiger partial charge in [0.15, 0.2) is 6.10 Å². The van der Waals surface area contributed by atoms with Crippen molar-refractivity contribution in [1.29, 1.82) is 0 Å². The van der Waals surface area contributed by atoms with Crippen molar-refractivity contribution in [2.24, 2.45) is 0 Å². The Hall–Kier alpha value is -2.11. The molecule has 1 aromatic carbocycles. The number of carboxylic acids is 1. The third kappa shape index (κ3) is 5.06. The van der Waals surface area contributed by atoms with Crippen LogP contribution in [0.5, 0.6) is 5.75 Å². The maximum absolute atomic E-state index is 12.8. The Balaban J connectivity index is 2.77. The molecule has 0 bridgehead atoms. The van der Waals surface area contributed by atoms with Gasteiger partial charge in [0.05, 0.1) is 0 Å². The third-order valence-electron chi connectivity index (χ3n) is 3.19. The van der Waals surface area contributed by atoms with Gasteiger partial charge in [-0.1, -0.05) is 6.92 Å². The molecule has 2 atom stereocenters. The van der Waals surface area contributed by atoms with E-state index in [4.69, 9.17) is 9.84 Å². The molecule has 0 heterocycles. The van der Waals surface area contributed by atoms with Crippen LogP contribution in [0.2, 0.25) is 0 Å². The van der Waals surface area contributed by atoms with E-state index < -0.39 is 23.8 Å². The van der Waals surface area contributed by atoms with Crippen molar-refractivity contribution in [3.05, 3.63) is 30.1 Å². The largest absolute Gasteiger partial charge is 0.481 e. The molecule has 2 unspecified atom stereocenters. The Bertz CT molecular complexity index is 489. The van der Waals surface area contributed by atoms with Crippen molar-refractivity contribution in [3.8, 4) is 5.75 Å². The summed E-state index contributed by atoms with van der Waals surface area (Å²) in [6.07, 6.45) is -0.203. The third-order valence-corrected chi connectivity index (χ3v) is 3.19. The number of halogens is 1. The van der Waals surface area contributed by atoms with Crippen LogP contribution in [0.15, 0.2) is 24.3 Å². The molecular weight excluding hydrogens is 277 g/mol. The molecule has 21 heavy (non-hydrogen) atoms. The summed E-state index contributed by atoms with van der Waals surface area (Å²) in [5.74, 6) is -1.51. The molecule has 6 heteroatoms. The molecule has 0 aliphatic carbocycles. The molecule has 1 aromatic rings. The van der Waals surface area contributed by atoms with Gasteiger partial charge in [0, 0.05) is 6.04 Å². The minimum absolute atomic E-state index is 0.201. The molecule has 0 aromatic heterocycles. The van der Waals surface area contributed by atoms with E-state index in [1.54, 1.807) is 13.8 Å². The lowest BCUT2D eigenvalue weighted by atomic mass is 10.2. The molecule has 0 fully saturated rings. The predicted molar refractivity (Wildman–Crippen MR) is 75.6 cm³/mol. The van der Waals surface area contributed by atoms with Crippen LogP contribution >= 0.6 is 0 Å². The highest BCUT2D eigenvalue weighted by atomic mass is 19.1. The monoisotopic (exact) mass is 297 g/mol. The number of carboxylic acid groups (broad SMARTS) is 1. The number of hydrogen-bond donors (Lipinski definition) is 1. The zero-order chi connectivity index (χ0) is 16.0. The van der Waals surface area contributed by atoms with E-state index in [1.807, 2.05) is 6.92 Å². The summed E-state index contributed by atoms with van der Waals surface area (Å²) in [6, 6.07) is 5.10. The Morgan fingerprint density at radius 3 is 2.33 bits per heavy atom. The van der Waals surface area contributed by atoms with Crippen LogP contribution in [0.4, 0.5) is 4.39 Å². The van der Waals surface area contributed by atoms with Gasteiger partial charge >= 0.3 is 5.97 Å². The highest BCUT2D eigenvalue weighted by Gasteiger charge is 2.27. The SMILES string of the molecule is CCC(C)N(CC(=O)O)C(=O)C(C)Oc1ccc(F)cc1. The van der Waals surface area contributed by atoms with E-state index in [1.165, 1.54) is 29.2 Å². The normalized spacial score (nSPS) is 13.3. The second-order valence-corrected chi connectivity index (χ2v) is 4.83. The van der Waals surface area contributed by atoms with E-state index in [9.17, 15) is 14.0 Å². The zero-order valence-electron chi connectivity index (χ0n) is 12.4. The Labute approximate surface area is 123 Å². The second kappa shape index (κ2) is 7.61. The Morgan fingerprint density at radius 2 is 1.86 bits per heavy atom. The summed E-state index contributed by atoms with van der Waals surface area (Å²) >= 11 is 0. The van der Waals surface area contributed by atoms with Gasteiger partial charge in [0.1, 0.15) is 18.1 Å². The summed E-state index contributed by atoms with van der Waals surface area (Å²) < 4.78 is 18.2. The number of nitrogens with zero attached hydrogens (tertiary/aromatic N) is 1. The molecule has 0 aliphatic heterocycles. The van der Waals surface area contributed by atoms with Gasteiger partial charge in [-0.3, -0.25) is 9.59 Å². The van der Waals surface area contributed by atoms with Gasteiger partial charge in [-0.2, -0.15) is 0 Å². The van der Waals surface area contributed by atoms with E-state index in [2.05, 4.69) is 0 Å². The van der Waals surface area contributed by atoms with Gasteiger partial charge in [-0.15, -0.1) is 0 Å². The zero-order valence-corrected chi connectivity index (χ0v) is 12.4. The number of carbonyl (C=O) groups is 2. The minimum Gasteiger partial charge on any atom is -0.481 e. The van der Waals surface area contributed by atoms with Crippen LogP contribution in [-0.2, 0) is 9.59 Å². The topological polar surface area (TPSA) is 66.8 Å². The fourth-order valence-electron chi connectivity index (χ4n) is 1.82. The van der Waals surface area contributed by atoms with Crippen molar-refractivity contribution < 1.29 is 23.8 Å². The molecule has 1 N–H and O–H groups in total. The summed E-state index contributed by atoms with van der Waals surface area (Å²) in [5, 5.41) is 8.90. The van der Waals surface area contributed by atoms with Gasteiger partial charge in [0.25, 0.3) is 5.91 Å². The first-order valence-electron chi connectivity index (χ1n) is 6.79. The maximum atomic E-state index is 12.8. The number of hydrogen-bond acceptors (Lipinski definition) is 3. The molecule has 0 saturated carbocycles. The smallest absolute Gasteiger partial charge is 0.323 e. The molecule has 1 rings (SSSR count). The predicted octanol–water partition coefficient (Wildman–Crippen LogP) is 2.30. The van der Waals surface area contributed by atoms with E-state index >= 15 is 0 Å². The van der Waals surface area contributed by atoms with Crippen molar-refractivity contribution in [3.63, 3.8) is 0 Å². The van der Waals surface area contributed by atoms with Crippen LogP contribution in [0.25, 0.3) is 0 Å². The lowest BCUT2D eigenvalue weighted by Crippen LogP contribution is -2.47. The number of aliphatic carboxylic acids is 1. The molecule has 1 amide bonds. The second-order valence-electron chi connectivity index (χ2n) is 4.83. The average molecular weight is 297 g/mol. The van der Waals surface area contributed by atoms with Gasteiger partial charge in [-0.05, 0) is 44.5 Å². The van der Waals surface area contributed by atoms with Gasteiger partial charge in [0.2, 0.25) is 0 Å². The highest BCUT2D eigenvalue weighted by molar-refractivity contribution is 5.84. The summed E-state index contributed by atoms with van der Waals surface area (Å²) in [4.78, 5) is 24.5. The van der Waals surface area contributed by atoms with Crippen LogP contribution in [-0.4, -0.2) is 40.6 Å². The number of rotatable bonds is 7. The molecule has 116 valence electrons. The fourth-order valence-corrected chi connectivity index (χ4v) is 1.82. The number of ether oxygens (including phenoxy) is 1. The van der Waals surface area contributed by atoms with Crippen LogP contribution in [0, 0.1) is 5.82 Å². The first kappa shape index (κ1) is 16.9. The summed E-state index contributed by atoms with van der Waals surface area (Å²) in [5.41, 5.74) is 0. The number of benzene rings is 1. The quantitative estimate of drug-likeness (QED) is 0.838. The van der Waals surface area contributed by atoms with E-state index in [0.29, 0.717) is 12.2 Å². The fraction of sp³-hybridized carbons (Fsp3) is 0.467. The minimum atomic E-state index is -1.07. The standard InChI is InChI=1S/C15H20FNO4/c1-4-10(2)17(9-14(18)19)15(20)11(3)21-13-7-5-12(16)6-8-13/h5-8,10-11H,4,9H2,1-3H3,(H,18,19). The lowest BCUT2D eigenvalue weighted by Gasteiger charge is -2.29. The van der Waals surface area contributed by atoms with Crippen molar-refractivity contribution in [1.82, 2.24) is 4.90 Å². The first-order valence-corrected chi connectivity index (χ1v) is 6.79. The van der Waals surface area contributed by atoms with E-state index in [0.717, 1.165) is 0 Å². The first-order chi connectivity index (χ1) is 9.85. The van der Waals surface area contributed by atoms with Crippen molar-refractivity contribution in [2.75, 3.05) is 6.54 Å². The summed E-state index contributed by atoms with van der Waals surface area (Å²) in [7, 11) is 0. The number of carbonyl (C=O) groups excluding carboxylic acids is 1. The van der Waals surface area contributed by atoms with Gasteiger partial charge < -0.3 is 14.7 Å². The van der Waals surface area contributed by atoms with Crippen LogP contribution in [0.3, 0.4) is 0 Å². The van der Waals surface area contributed by atoms with Crippen LogP contribution < -0.4 is 4.74 Å². The molecule has 5 nitrogen and oxygen atoms in total.